The van der Waals surface area contributed by atoms with E-state index in [0.717, 1.165) is 19.0 Å². The van der Waals surface area contributed by atoms with Crippen molar-refractivity contribution in [2.75, 3.05) is 32.7 Å². The van der Waals surface area contributed by atoms with Gasteiger partial charge in [0.1, 0.15) is 0 Å². The molecule has 0 spiro atoms. The van der Waals surface area contributed by atoms with E-state index in [1.165, 1.54) is 64.6 Å². The summed E-state index contributed by atoms with van der Waals surface area (Å²) in [5.74, 6) is 1.36. The second kappa shape index (κ2) is 11.0. The zero-order chi connectivity index (χ0) is 14.6. The summed E-state index contributed by atoms with van der Waals surface area (Å²) in [6, 6.07) is 0. The smallest absolute Gasteiger partial charge is 0.188 e. The Hall–Kier alpha value is -0.770. The predicted molar refractivity (Wildman–Crippen MR) is 88.1 cm³/mol. The van der Waals surface area contributed by atoms with Gasteiger partial charge in [-0.2, -0.15) is 0 Å². The van der Waals surface area contributed by atoms with E-state index in [4.69, 9.17) is 5.73 Å². The van der Waals surface area contributed by atoms with Gasteiger partial charge in [-0.25, -0.2) is 0 Å². The van der Waals surface area contributed by atoms with Gasteiger partial charge in [-0.1, -0.05) is 33.1 Å². The molecule has 0 aromatic rings. The molecule has 0 bridgehead atoms. The molecular formula is C16H34N4. The number of piperidine rings is 1. The van der Waals surface area contributed by atoms with Crippen LogP contribution in [-0.4, -0.2) is 43.6 Å². The van der Waals surface area contributed by atoms with E-state index in [1.807, 2.05) is 0 Å². The van der Waals surface area contributed by atoms with Crippen molar-refractivity contribution in [2.45, 2.75) is 58.8 Å². The Balaban J connectivity index is 2.07. The summed E-state index contributed by atoms with van der Waals surface area (Å²) in [5, 5.41) is 3.23. The molecule has 0 aromatic heterocycles. The first-order valence-electron chi connectivity index (χ1n) is 8.52. The third kappa shape index (κ3) is 7.73. The normalized spacial score (nSPS) is 18.4. The van der Waals surface area contributed by atoms with Gasteiger partial charge in [-0.3, -0.25) is 4.99 Å². The van der Waals surface area contributed by atoms with Crippen LogP contribution in [0.2, 0.25) is 0 Å². The fraction of sp³-hybridized carbons (Fsp3) is 0.938. The molecule has 4 nitrogen and oxygen atoms in total. The summed E-state index contributed by atoms with van der Waals surface area (Å²) in [6.07, 6.45) is 8.87. The number of rotatable bonds is 9. The second-order valence-electron chi connectivity index (χ2n) is 6.00. The Labute approximate surface area is 125 Å². The molecule has 0 aliphatic carbocycles. The van der Waals surface area contributed by atoms with Crippen LogP contribution in [0.15, 0.2) is 4.99 Å². The molecule has 20 heavy (non-hydrogen) atoms. The maximum atomic E-state index is 5.91. The number of hydrogen-bond donors (Lipinski definition) is 2. The Bertz CT molecular complexity index is 257. The van der Waals surface area contributed by atoms with Crippen LogP contribution in [0.25, 0.3) is 0 Å². The van der Waals surface area contributed by atoms with Crippen molar-refractivity contribution < 1.29 is 0 Å². The average Bonchev–Trinajstić information content (AvgIpc) is 2.47. The van der Waals surface area contributed by atoms with Crippen molar-refractivity contribution in [3.05, 3.63) is 0 Å². The molecule has 3 N–H and O–H groups in total. The van der Waals surface area contributed by atoms with E-state index in [1.54, 1.807) is 0 Å². The molecule has 1 aliphatic rings. The zero-order valence-electron chi connectivity index (χ0n) is 13.5. The van der Waals surface area contributed by atoms with Gasteiger partial charge >= 0.3 is 0 Å². The van der Waals surface area contributed by atoms with Gasteiger partial charge in [0.25, 0.3) is 0 Å². The third-order valence-electron chi connectivity index (χ3n) is 4.10. The van der Waals surface area contributed by atoms with Crippen LogP contribution in [0.3, 0.4) is 0 Å². The third-order valence-corrected chi connectivity index (χ3v) is 4.10. The van der Waals surface area contributed by atoms with Crippen molar-refractivity contribution in [1.29, 1.82) is 0 Å². The van der Waals surface area contributed by atoms with E-state index >= 15 is 0 Å². The first kappa shape index (κ1) is 17.3. The minimum absolute atomic E-state index is 0.637. The number of nitrogens with one attached hydrogen (secondary N) is 1. The molecule has 0 radical (unpaired) electrons. The average molecular weight is 282 g/mol. The number of unbranched alkanes of at least 4 members (excludes halogenated alkanes) is 3. The molecule has 1 saturated heterocycles. The maximum Gasteiger partial charge on any atom is 0.188 e. The van der Waals surface area contributed by atoms with Crippen molar-refractivity contribution in [2.24, 2.45) is 16.6 Å². The highest BCUT2D eigenvalue weighted by atomic mass is 15.1. The van der Waals surface area contributed by atoms with Crippen LogP contribution in [0.5, 0.6) is 0 Å². The van der Waals surface area contributed by atoms with Crippen molar-refractivity contribution in [3.8, 4) is 0 Å². The van der Waals surface area contributed by atoms with E-state index in [2.05, 4.69) is 29.1 Å². The van der Waals surface area contributed by atoms with Crippen molar-refractivity contribution in [1.82, 2.24) is 10.2 Å². The molecule has 0 saturated carbocycles. The van der Waals surface area contributed by atoms with Gasteiger partial charge in [-0.15, -0.1) is 0 Å². The number of guanidine groups is 1. The lowest BCUT2D eigenvalue weighted by atomic mass is 9.97. The molecule has 0 unspecified atom stereocenters. The molecule has 1 rings (SSSR count). The standard InChI is InChI=1S/C16H34N4/c1-3-5-6-7-10-18-16(17)19-14-15-8-12-20(11-4-2)13-9-15/h15H,3-14H2,1-2H3,(H3,17,18,19). The monoisotopic (exact) mass is 282 g/mol. The van der Waals surface area contributed by atoms with Gasteiger partial charge in [0.05, 0.1) is 0 Å². The minimum atomic E-state index is 0.637. The summed E-state index contributed by atoms with van der Waals surface area (Å²) in [7, 11) is 0. The quantitative estimate of drug-likeness (QED) is 0.388. The van der Waals surface area contributed by atoms with Gasteiger partial charge in [0, 0.05) is 13.1 Å². The number of likely N-dealkylation sites (tertiary alicyclic amines) is 1. The Morgan fingerprint density at radius 3 is 2.55 bits per heavy atom. The lowest BCUT2D eigenvalue weighted by Crippen LogP contribution is -2.36. The Morgan fingerprint density at radius 1 is 1.15 bits per heavy atom. The predicted octanol–water partition coefficient (Wildman–Crippen LogP) is 2.59. The van der Waals surface area contributed by atoms with Gasteiger partial charge < -0.3 is 16.0 Å². The highest BCUT2D eigenvalue weighted by Gasteiger charge is 2.17. The first-order chi connectivity index (χ1) is 9.76. The van der Waals surface area contributed by atoms with E-state index in [-0.39, 0.29) is 0 Å². The number of aliphatic imine (C=N–C) groups is 1. The molecule has 0 aromatic carbocycles. The Morgan fingerprint density at radius 2 is 1.90 bits per heavy atom. The van der Waals surface area contributed by atoms with Crippen LogP contribution >= 0.6 is 0 Å². The molecule has 118 valence electrons. The lowest BCUT2D eigenvalue weighted by molar-refractivity contribution is 0.188. The van der Waals surface area contributed by atoms with Crippen molar-refractivity contribution >= 4 is 5.96 Å². The fourth-order valence-electron chi connectivity index (χ4n) is 2.76. The van der Waals surface area contributed by atoms with Crippen LogP contribution in [0, 0.1) is 5.92 Å². The van der Waals surface area contributed by atoms with Crippen LogP contribution in [0.1, 0.15) is 58.8 Å². The summed E-state index contributed by atoms with van der Waals surface area (Å²) in [6.45, 7) is 10.1. The largest absolute Gasteiger partial charge is 0.370 e. The van der Waals surface area contributed by atoms with E-state index in [9.17, 15) is 0 Å². The number of nitrogens with zero attached hydrogens (tertiary/aromatic N) is 2. The molecule has 4 heteroatoms. The number of hydrogen-bond acceptors (Lipinski definition) is 2. The molecule has 0 amide bonds. The summed E-state index contributed by atoms with van der Waals surface area (Å²) in [4.78, 5) is 7.07. The lowest BCUT2D eigenvalue weighted by Gasteiger charge is -2.30. The van der Waals surface area contributed by atoms with Gasteiger partial charge in [0.15, 0.2) is 5.96 Å². The Kier molecular flexibility index (Phi) is 9.46. The first-order valence-corrected chi connectivity index (χ1v) is 8.52. The topological polar surface area (TPSA) is 53.6 Å². The van der Waals surface area contributed by atoms with Gasteiger partial charge in [-0.05, 0) is 51.2 Å². The zero-order valence-corrected chi connectivity index (χ0v) is 13.5. The highest BCUT2D eigenvalue weighted by Crippen LogP contribution is 2.17. The maximum absolute atomic E-state index is 5.91. The SMILES string of the molecule is CCCCCCNC(N)=NCC1CCN(CCC)CC1. The van der Waals surface area contributed by atoms with E-state index in [0.29, 0.717) is 5.96 Å². The highest BCUT2D eigenvalue weighted by molar-refractivity contribution is 5.77. The van der Waals surface area contributed by atoms with Crippen LogP contribution in [-0.2, 0) is 0 Å². The molecule has 1 aliphatic heterocycles. The summed E-state index contributed by atoms with van der Waals surface area (Å²) < 4.78 is 0. The van der Waals surface area contributed by atoms with Crippen LogP contribution in [0.4, 0.5) is 0 Å². The van der Waals surface area contributed by atoms with E-state index < -0.39 is 0 Å². The fourth-order valence-corrected chi connectivity index (χ4v) is 2.76. The second-order valence-corrected chi connectivity index (χ2v) is 6.00. The summed E-state index contributed by atoms with van der Waals surface area (Å²) in [5.41, 5.74) is 5.91. The molecule has 0 atom stereocenters. The van der Waals surface area contributed by atoms with Gasteiger partial charge in [0.2, 0.25) is 0 Å². The molecule has 1 fully saturated rings. The molecular weight excluding hydrogens is 248 g/mol. The van der Waals surface area contributed by atoms with Crippen molar-refractivity contribution in [3.63, 3.8) is 0 Å². The minimum Gasteiger partial charge on any atom is -0.370 e. The summed E-state index contributed by atoms with van der Waals surface area (Å²) >= 11 is 0. The number of nitrogens with two attached hydrogens (primary N) is 1. The van der Waals surface area contributed by atoms with Crippen LogP contribution < -0.4 is 11.1 Å². The molecule has 1 heterocycles.